The number of aromatic nitrogens is 3. The van der Waals surface area contributed by atoms with Crippen molar-refractivity contribution < 1.29 is 4.79 Å². The van der Waals surface area contributed by atoms with Crippen LogP contribution in [-0.4, -0.2) is 27.6 Å². The van der Waals surface area contributed by atoms with Crippen LogP contribution in [0.15, 0.2) is 0 Å². The zero-order chi connectivity index (χ0) is 13.2. The third-order valence-electron chi connectivity index (χ3n) is 4.04. The highest BCUT2D eigenvalue weighted by Crippen LogP contribution is 2.43. The average Bonchev–Trinajstić information content (AvgIpc) is 2.77. The molecule has 5 heteroatoms. The molecule has 1 aliphatic carbocycles. The molecule has 0 saturated heterocycles. The van der Waals surface area contributed by atoms with E-state index in [1.165, 1.54) is 19.3 Å². The Hall–Kier alpha value is -1.39. The number of nitrogens with one attached hydrogen (secondary N) is 2. The number of rotatable bonds is 5. The maximum atomic E-state index is 11.9. The third-order valence-corrected chi connectivity index (χ3v) is 4.04. The third kappa shape index (κ3) is 2.54. The van der Waals surface area contributed by atoms with E-state index < -0.39 is 0 Å². The van der Waals surface area contributed by atoms with E-state index in [4.69, 9.17) is 0 Å². The minimum Gasteiger partial charge on any atom is -0.349 e. The number of hydrogen-bond acceptors (Lipinski definition) is 3. The molecule has 2 rings (SSSR count). The summed E-state index contributed by atoms with van der Waals surface area (Å²) in [6.07, 6.45) is 4.84. The highest BCUT2D eigenvalue weighted by atomic mass is 16.2. The van der Waals surface area contributed by atoms with Crippen LogP contribution in [0.5, 0.6) is 0 Å². The van der Waals surface area contributed by atoms with Gasteiger partial charge in [-0.2, -0.15) is 0 Å². The van der Waals surface area contributed by atoms with Crippen LogP contribution >= 0.6 is 0 Å². The Labute approximate surface area is 108 Å². The van der Waals surface area contributed by atoms with Crippen LogP contribution in [0.3, 0.4) is 0 Å². The number of amides is 1. The number of carbonyl (C=O) groups excluding carboxylic acids is 1. The van der Waals surface area contributed by atoms with Gasteiger partial charge in [-0.1, -0.05) is 27.2 Å². The summed E-state index contributed by atoms with van der Waals surface area (Å²) in [5.74, 6) is 1.10. The molecular formula is C13H22N4O. The fourth-order valence-corrected chi connectivity index (χ4v) is 2.31. The predicted molar refractivity (Wildman–Crippen MR) is 69.4 cm³/mol. The summed E-state index contributed by atoms with van der Waals surface area (Å²) in [7, 11) is 0. The normalized spacial score (nSPS) is 17.6. The SMILES string of the molecule is CCC1(CNC(=O)c2n[nH]c(C(C)C)n2)CCC1. The second kappa shape index (κ2) is 5.08. The molecule has 1 saturated carbocycles. The predicted octanol–water partition coefficient (Wildman–Crippen LogP) is 2.24. The quantitative estimate of drug-likeness (QED) is 0.842. The van der Waals surface area contributed by atoms with E-state index >= 15 is 0 Å². The van der Waals surface area contributed by atoms with Gasteiger partial charge in [-0.05, 0) is 24.7 Å². The average molecular weight is 250 g/mol. The van der Waals surface area contributed by atoms with Gasteiger partial charge >= 0.3 is 0 Å². The van der Waals surface area contributed by atoms with Crippen LogP contribution in [0.25, 0.3) is 0 Å². The van der Waals surface area contributed by atoms with Crippen molar-refractivity contribution >= 4 is 5.91 Å². The van der Waals surface area contributed by atoms with Crippen molar-refractivity contribution in [3.8, 4) is 0 Å². The standard InChI is InChI=1S/C13H22N4O/c1-4-13(6-5-7-13)8-14-12(18)11-15-10(9(2)3)16-17-11/h9H,4-8H2,1-3H3,(H,14,18)(H,15,16,17). The Kier molecular flexibility index (Phi) is 3.68. The largest absolute Gasteiger partial charge is 0.349 e. The van der Waals surface area contributed by atoms with E-state index in [9.17, 15) is 4.79 Å². The summed E-state index contributed by atoms with van der Waals surface area (Å²) >= 11 is 0. The Morgan fingerprint density at radius 3 is 2.67 bits per heavy atom. The number of H-pyrrole nitrogens is 1. The summed E-state index contributed by atoms with van der Waals surface area (Å²) < 4.78 is 0. The monoisotopic (exact) mass is 250 g/mol. The maximum Gasteiger partial charge on any atom is 0.290 e. The van der Waals surface area contributed by atoms with Gasteiger partial charge in [0.05, 0.1) is 0 Å². The van der Waals surface area contributed by atoms with Crippen molar-refractivity contribution in [1.29, 1.82) is 0 Å². The summed E-state index contributed by atoms with van der Waals surface area (Å²) in [4.78, 5) is 16.1. The molecule has 100 valence electrons. The molecule has 0 atom stereocenters. The van der Waals surface area contributed by atoms with E-state index in [0.717, 1.165) is 18.8 Å². The van der Waals surface area contributed by atoms with Gasteiger partial charge in [-0.15, -0.1) is 5.10 Å². The van der Waals surface area contributed by atoms with Crippen LogP contribution in [0.4, 0.5) is 0 Å². The smallest absolute Gasteiger partial charge is 0.290 e. The molecule has 0 radical (unpaired) electrons. The van der Waals surface area contributed by atoms with Crippen molar-refractivity contribution in [2.75, 3.05) is 6.54 Å². The molecule has 1 heterocycles. The van der Waals surface area contributed by atoms with E-state index in [-0.39, 0.29) is 17.6 Å². The first-order chi connectivity index (χ1) is 8.56. The molecule has 18 heavy (non-hydrogen) atoms. The lowest BCUT2D eigenvalue weighted by atomic mass is 9.67. The van der Waals surface area contributed by atoms with Crippen LogP contribution in [-0.2, 0) is 0 Å². The van der Waals surface area contributed by atoms with E-state index in [2.05, 4.69) is 27.4 Å². The van der Waals surface area contributed by atoms with Gasteiger partial charge in [0.15, 0.2) is 0 Å². The lowest BCUT2D eigenvalue weighted by molar-refractivity contribution is 0.0841. The molecule has 0 bridgehead atoms. The van der Waals surface area contributed by atoms with Crippen LogP contribution in [0.1, 0.15) is 68.8 Å². The first-order valence-electron chi connectivity index (χ1n) is 6.77. The Bertz CT molecular complexity index is 415. The van der Waals surface area contributed by atoms with Gasteiger partial charge < -0.3 is 5.32 Å². The summed E-state index contributed by atoms with van der Waals surface area (Å²) in [6, 6.07) is 0. The number of hydrogen-bond donors (Lipinski definition) is 2. The summed E-state index contributed by atoms with van der Waals surface area (Å²) in [5, 5.41) is 9.72. The highest BCUT2D eigenvalue weighted by molar-refractivity contribution is 5.90. The molecule has 1 aliphatic rings. The van der Waals surface area contributed by atoms with E-state index in [0.29, 0.717) is 5.41 Å². The number of carbonyl (C=O) groups is 1. The summed E-state index contributed by atoms with van der Waals surface area (Å²) in [5.41, 5.74) is 0.326. The fraction of sp³-hybridized carbons (Fsp3) is 0.769. The van der Waals surface area contributed by atoms with Crippen molar-refractivity contribution in [3.63, 3.8) is 0 Å². The molecule has 2 N–H and O–H groups in total. The van der Waals surface area contributed by atoms with E-state index in [1.807, 2.05) is 13.8 Å². The Morgan fingerprint density at radius 1 is 1.50 bits per heavy atom. The molecule has 1 aromatic heterocycles. The minimum atomic E-state index is -0.169. The van der Waals surface area contributed by atoms with Crippen LogP contribution < -0.4 is 5.32 Å². The van der Waals surface area contributed by atoms with Crippen LogP contribution in [0.2, 0.25) is 0 Å². The molecule has 0 spiro atoms. The second-order valence-corrected chi connectivity index (χ2v) is 5.59. The molecule has 1 amide bonds. The minimum absolute atomic E-state index is 0.169. The van der Waals surface area contributed by atoms with Crippen LogP contribution in [0, 0.1) is 5.41 Å². The molecule has 1 fully saturated rings. The molecular weight excluding hydrogens is 228 g/mol. The van der Waals surface area contributed by atoms with Crippen molar-refractivity contribution in [1.82, 2.24) is 20.5 Å². The Balaban J connectivity index is 1.91. The molecule has 5 nitrogen and oxygen atoms in total. The Morgan fingerprint density at radius 2 is 2.22 bits per heavy atom. The first-order valence-corrected chi connectivity index (χ1v) is 6.77. The van der Waals surface area contributed by atoms with Gasteiger partial charge in [0.1, 0.15) is 5.82 Å². The zero-order valence-electron chi connectivity index (χ0n) is 11.4. The van der Waals surface area contributed by atoms with Crippen molar-refractivity contribution in [2.45, 2.75) is 52.4 Å². The van der Waals surface area contributed by atoms with Crippen molar-refractivity contribution in [2.24, 2.45) is 5.41 Å². The lowest BCUT2D eigenvalue weighted by Gasteiger charge is -2.41. The molecule has 0 unspecified atom stereocenters. The number of aromatic amines is 1. The summed E-state index contributed by atoms with van der Waals surface area (Å²) in [6.45, 7) is 6.97. The topological polar surface area (TPSA) is 70.7 Å². The second-order valence-electron chi connectivity index (χ2n) is 5.59. The van der Waals surface area contributed by atoms with E-state index in [1.54, 1.807) is 0 Å². The lowest BCUT2D eigenvalue weighted by Crippen LogP contribution is -2.42. The first kappa shape index (κ1) is 13.1. The van der Waals surface area contributed by atoms with Gasteiger partial charge in [0.25, 0.3) is 5.91 Å². The van der Waals surface area contributed by atoms with Gasteiger partial charge in [0, 0.05) is 12.5 Å². The zero-order valence-corrected chi connectivity index (χ0v) is 11.4. The van der Waals surface area contributed by atoms with Crippen molar-refractivity contribution in [3.05, 3.63) is 11.6 Å². The molecule has 0 aliphatic heterocycles. The van der Waals surface area contributed by atoms with Gasteiger partial charge in [-0.25, -0.2) is 4.98 Å². The number of nitrogens with zero attached hydrogens (tertiary/aromatic N) is 2. The fourth-order valence-electron chi connectivity index (χ4n) is 2.31. The highest BCUT2D eigenvalue weighted by Gasteiger charge is 2.35. The molecule has 0 aromatic carbocycles. The van der Waals surface area contributed by atoms with Gasteiger partial charge in [-0.3, -0.25) is 9.89 Å². The molecule has 1 aromatic rings. The maximum absolute atomic E-state index is 11.9. The van der Waals surface area contributed by atoms with Gasteiger partial charge in [0.2, 0.25) is 5.82 Å².